The lowest BCUT2D eigenvalue weighted by atomic mass is 10.0. The van der Waals surface area contributed by atoms with E-state index in [0.29, 0.717) is 12.3 Å². The van der Waals surface area contributed by atoms with Crippen LogP contribution in [0, 0.1) is 19.8 Å². The number of anilines is 1. The average Bonchev–Trinajstić information content (AvgIpc) is 3.43. The minimum Gasteiger partial charge on any atom is -0.353 e. The molecule has 1 aliphatic heterocycles. The summed E-state index contributed by atoms with van der Waals surface area (Å²) in [5, 5.41) is 0. The van der Waals surface area contributed by atoms with Crippen LogP contribution in [-0.2, 0) is 11.2 Å². The van der Waals surface area contributed by atoms with Crippen molar-refractivity contribution >= 4 is 11.7 Å². The summed E-state index contributed by atoms with van der Waals surface area (Å²) in [5.41, 5.74) is 5.71. The Bertz CT molecular complexity index is 1180. The molecule has 36 heavy (non-hydrogen) atoms. The van der Waals surface area contributed by atoms with Gasteiger partial charge in [-0.05, 0) is 37.8 Å². The molecule has 2 heterocycles. The van der Waals surface area contributed by atoms with Crippen LogP contribution in [0.4, 0.5) is 5.82 Å². The van der Waals surface area contributed by atoms with Gasteiger partial charge >= 0.3 is 0 Å². The van der Waals surface area contributed by atoms with Crippen LogP contribution in [0.15, 0.2) is 54.6 Å². The normalized spacial score (nSPS) is 16.5. The van der Waals surface area contributed by atoms with Crippen molar-refractivity contribution in [3.05, 3.63) is 77.0 Å². The Labute approximate surface area is 215 Å². The molecule has 1 saturated heterocycles. The number of piperazine rings is 1. The van der Waals surface area contributed by atoms with Crippen molar-refractivity contribution in [2.45, 2.75) is 58.8 Å². The molecule has 0 unspecified atom stereocenters. The summed E-state index contributed by atoms with van der Waals surface area (Å²) >= 11 is 0. The predicted molar refractivity (Wildman–Crippen MR) is 146 cm³/mol. The lowest BCUT2D eigenvalue weighted by Gasteiger charge is -2.37. The number of carbonyl (C=O) groups is 1. The minimum atomic E-state index is 0.324. The number of benzene rings is 2. The molecule has 3 aromatic rings. The van der Waals surface area contributed by atoms with Gasteiger partial charge in [-0.2, -0.15) is 0 Å². The summed E-state index contributed by atoms with van der Waals surface area (Å²) in [7, 11) is 0. The summed E-state index contributed by atoms with van der Waals surface area (Å²) in [6, 6.07) is 19.0. The second kappa shape index (κ2) is 11.2. The molecule has 188 valence electrons. The van der Waals surface area contributed by atoms with Gasteiger partial charge in [0.2, 0.25) is 5.91 Å². The number of aromatic nitrogens is 2. The van der Waals surface area contributed by atoms with E-state index >= 15 is 0 Å². The molecule has 0 spiro atoms. The molecule has 2 aromatic carbocycles. The Hall–Kier alpha value is -3.21. The summed E-state index contributed by atoms with van der Waals surface area (Å²) < 4.78 is 0. The van der Waals surface area contributed by atoms with E-state index in [0.717, 1.165) is 67.8 Å². The molecular formula is C31H38N4O. The number of hydrogen-bond acceptors (Lipinski definition) is 4. The van der Waals surface area contributed by atoms with Crippen LogP contribution in [0.2, 0.25) is 0 Å². The number of nitrogens with zero attached hydrogens (tertiary/aromatic N) is 4. The maximum absolute atomic E-state index is 12.9. The van der Waals surface area contributed by atoms with E-state index in [1.807, 2.05) is 0 Å². The molecule has 1 saturated carbocycles. The third-order valence-electron chi connectivity index (χ3n) is 7.87. The van der Waals surface area contributed by atoms with E-state index in [2.05, 4.69) is 78.2 Å². The molecule has 2 aliphatic rings. The molecular weight excluding hydrogens is 444 g/mol. The molecule has 5 rings (SSSR count). The van der Waals surface area contributed by atoms with Crippen LogP contribution in [0.25, 0.3) is 11.4 Å². The van der Waals surface area contributed by atoms with Crippen molar-refractivity contribution in [1.82, 2.24) is 14.9 Å². The van der Waals surface area contributed by atoms with Gasteiger partial charge in [-0.15, -0.1) is 0 Å². The van der Waals surface area contributed by atoms with Gasteiger partial charge in [-0.25, -0.2) is 9.97 Å². The van der Waals surface area contributed by atoms with Crippen molar-refractivity contribution in [3.8, 4) is 11.4 Å². The van der Waals surface area contributed by atoms with E-state index in [-0.39, 0.29) is 0 Å². The van der Waals surface area contributed by atoms with Crippen molar-refractivity contribution in [2.75, 3.05) is 31.1 Å². The molecule has 1 aliphatic carbocycles. The lowest BCUT2D eigenvalue weighted by molar-refractivity contribution is -0.131. The van der Waals surface area contributed by atoms with Gasteiger partial charge in [0.25, 0.3) is 0 Å². The number of hydrogen-bond donors (Lipinski definition) is 0. The molecule has 5 nitrogen and oxygen atoms in total. The van der Waals surface area contributed by atoms with Crippen molar-refractivity contribution < 1.29 is 4.79 Å². The Morgan fingerprint density at radius 1 is 0.917 bits per heavy atom. The maximum Gasteiger partial charge on any atom is 0.222 e. The number of rotatable bonds is 7. The summed E-state index contributed by atoms with van der Waals surface area (Å²) in [6.45, 7) is 7.34. The molecule has 1 aromatic heterocycles. The quantitative estimate of drug-likeness (QED) is 0.416. The van der Waals surface area contributed by atoms with Gasteiger partial charge in [-0.1, -0.05) is 79.8 Å². The molecule has 0 atom stereocenters. The SMILES string of the molecule is Cc1cccc(-c2nc(C)c(Cc3ccccc3)c(N3CCN(C(=O)CCC4CCCC4)CC3)n2)c1. The highest BCUT2D eigenvalue weighted by Gasteiger charge is 2.26. The van der Waals surface area contributed by atoms with E-state index in [9.17, 15) is 4.79 Å². The lowest BCUT2D eigenvalue weighted by Crippen LogP contribution is -2.49. The number of amides is 1. The minimum absolute atomic E-state index is 0.324. The first-order valence-corrected chi connectivity index (χ1v) is 13.6. The zero-order valence-corrected chi connectivity index (χ0v) is 21.7. The Kier molecular flexibility index (Phi) is 7.64. The molecule has 0 radical (unpaired) electrons. The predicted octanol–water partition coefficient (Wildman–Crippen LogP) is 5.97. The zero-order valence-electron chi connectivity index (χ0n) is 21.7. The van der Waals surface area contributed by atoms with Gasteiger partial charge in [0.15, 0.2) is 5.82 Å². The van der Waals surface area contributed by atoms with Crippen molar-refractivity contribution in [2.24, 2.45) is 5.92 Å². The Balaban J connectivity index is 1.36. The highest BCUT2D eigenvalue weighted by atomic mass is 16.2. The zero-order chi connectivity index (χ0) is 24.9. The molecule has 0 bridgehead atoms. The summed E-state index contributed by atoms with van der Waals surface area (Å²) in [4.78, 5) is 27.4. The standard InChI is InChI=1S/C31H38N4O/c1-23-9-8-14-27(21-23)30-32-24(2)28(22-26-12-4-3-5-13-26)31(33-30)35-19-17-34(18-20-35)29(36)16-15-25-10-6-7-11-25/h3-5,8-9,12-14,21,25H,6-7,10-11,15-20,22H2,1-2H3. The fraction of sp³-hybridized carbons (Fsp3) is 0.452. The van der Waals surface area contributed by atoms with E-state index in [1.165, 1.54) is 42.4 Å². The Morgan fingerprint density at radius 2 is 1.67 bits per heavy atom. The second-order valence-electron chi connectivity index (χ2n) is 10.5. The van der Waals surface area contributed by atoms with Crippen LogP contribution in [0.5, 0.6) is 0 Å². The van der Waals surface area contributed by atoms with Crippen LogP contribution < -0.4 is 4.90 Å². The summed E-state index contributed by atoms with van der Waals surface area (Å²) in [5.74, 6) is 2.88. The van der Waals surface area contributed by atoms with Gasteiger partial charge in [0, 0.05) is 55.8 Å². The topological polar surface area (TPSA) is 49.3 Å². The molecule has 0 N–H and O–H groups in total. The monoisotopic (exact) mass is 482 g/mol. The molecule has 2 fully saturated rings. The average molecular weight is 483 g/mol. The highest BCUT2D eigenvalue weighted by Crippen LogP contribution is 2.30. The first kappa shape index (κ1) is 24.5. The third-order valence-corrected chi connectivity index (χ3v) is 7.87. The summed E-state index contributed by atoms with van der Waals surface area (Å²) in [6.07, 6.45) is 7.86. The third kappa shape index (κ3) is 5.77. The molecule has 5 heteroatoms. The first-order valence-electron chi connectivity index (χ1n) is 13.6. The maximum atomic E-state index is 12.9. The first-order chi connectivity index (χ1) is 17.6. The van der Waals surface area contributed by atoms with Crippen LogP contribution in [0.3, 0.4) is 0 Å². The largest absolute Gasteiger partial charge is 0.353 e. The molecule has 1 amide bonds. The van der Waals surface area contributed by atoms with Crippen molar-refractivity contribution in [1.29, 1.82) is 0 Å². The van der Waals surface area contributed by atoms with Gasteiger partial charge in [0.05, 0.1) is 0 Å². The van der Waals surface area contributed by atoms with Crippen LogP contribution in [0.1, 0.15) is 60.9 Å². The van der Waals surface area contributed by atoms with Gasteiger partial charge < -0.3 is 9.80 Å². The smallest absolute Gasteiger partial charge is 0.222 e. The van der Waals surface area contributed by atoms with Crippen molar-refractivity contribution in [3.63, 3.8) is 0 Å². The number of carbonyl (C=O) groups excluding carboxylic acids is 1. The Morgan fingerprint density at radius 3 is 2.39 bits per heavy atom. The highest BCUT2D eigenvalue weighted by molar-refractivity contribution is 5.76. The van der Waals surface area contributed by atoms with E-state index in [4.69, 9.17) is 9.97 Å². The van der Waals surface area contributed by atoms with Crippen LogP contribution >= 0.6 is 0 Å². The van der Waals surface area contributed by atoms with Gasteiger partial charge in [-0.3, -0.25) is 4.79 Å². The van der Waals surface area contributed by atoms with Gasteiger partial charge in [0.1, 0.15) is 5.82 Å². The fourth-order valence-electron chi connectivity index (χ4n) is 5.72. The fourth-order valence-corrected chi connectivity index (χ4v) is 5.72. The van der Waals surface area contributed by atoms with E-state index < -0.39 is 0 Å². The second-order valence-corrected chi connectivity index (χ2v) is 10.5. The number of aryl methyl sites for hydroxylation is 2. The van der Waals surface area contributed by atoms with Crippen LogP contribution in [-0.4, -0.2) is 47.0 Å². The van der Waals surface area contributed by atoms with E-state index in [1.54, 1.807) is 0 Å².